The average molecular weight is 570 g/mol. The van der Waals surface area contributed by atoms with E-state index >= 15 is 0 Å². The molecule has 1 saturated carbocycles. The van der Waals surface area contributed by atoms with E-state index in [1.54, 1.807) is 12.3 Å². The SMILES string of the molecule is CC(C)(CO)CNC(=O)c1[nH]nc2c1C(/C=C/c1ccc(-c3cccc(F)c3)cn1)C1=C(CC3(CCCC3)CC1=O)N2. The standard InChI is InChI=1S/C33H36FN5O3/c1-32(2,19-40)18-36-31(42)29-28-24(11-10-23-9-8-21(17-35-23)20-6-5-7-22(34)14-20)27-25(37-30(28)39-38-29)15-33(16-26(27)41)12-3-4-13-33/h5-11,14,17,24,40H,3-4,12-13,15-16,18-19H2,1-2H3,(H,36,42)(H2,37,38,39)/b11-10+. The number of aliphatic hydroxyl groups excluding tert-OH is 1. The van der Waals surface area contributed by atoms with Crippen molar-refractivity contribution < 1.29 is 19.1 Å². The number of aliphatic hydroxyl groups is 1. The minimum atomic E-state index is -0.488. The van der Waals surface area contributed by atoms with Gasteiger partial charge in [-0.2, -0.15) is 5.10 Å². The van der Waals surface area contributed by atoms with Gasteiger partial charge in [-0.25, -0.2) is 4.39 Å². The number of benzene rings is 1. The van der Waals surface area contributed by atoms with Crippen LogP contribution in [0.25, 0.3) is 17.2 Å². The van der Waals surface area contributed by atoms with E-state index in [9.17, 15) is 19.1 Å². The molecule has 1 fully saturated rings. The average Bonchev–Trinajstić information content (AvgIpc) is 3.61. The number of halogens is 1. The van der Waals surface area contributed by atoms with Crippen LogP contribution in [0.4, 0.5) is 10.2 Å². The summed E-state index contributed by atoms with van der Waals surface area (Å²) in [6, 6.07) is 10.1. The van der Waals surface area contributed by atoms with Gasteiger partial charge in [-0.3, -0.25) is 19.7 Å². The number of aromatic amines is 1. The number of nitrogens with one attached hydrogen (secondary N) is 3. The molecule has 1 spiro atoms. The number of H-pyrrole nitrogens is 1. The highest BCUT2D eigenvalue weighted by Gasteiger charge is 2.46. The third kappa shape index (κ3) is 5.41. The Kier molecular flexibility index (Phi) is 7.30. The molecule has 3 aliphatic rings. The summed E-state index contributed by atoms with van der Waals surface area (Å²) in [4.78, 5) is 31.7. The maximum absolute atomic E-state index is 13.8. The van der Waals surface area contributed by atoms with E-state index in [2.05, 4.69) is 25.8 Å². The maximum Gasteiger partial charge on any atom is 0.269 e. The molecule has 1 aromatic carbocycles. The molecule has 1 atom stereocenters. The molecule has 2 aromatic heterocycles. The molecule has 0 saturated heterocycles. The van der Waals surface area contributed by atoms with Crippen molar-refractivity contribution in [2.45, 2.75) is 58.3 Å². The van der Waals surface area contributed by atoms with Gasteiger partial charge >= 0.3 is 0 Å². The summed E-state index contributed by atoms with van der Waals surface area (Å²) >= 11 is 0. The van der Waals surface area contributed by atoms with Crippen LogP contribution in [0, 0.1) is 16.6 Å². The number of hydrogen-bond donors (Lipinski definition) is 4. The summed E-state index contributed by atoms with van der Waals surface area (Å²) in [5.41, 5.74) is 4.20. The van der Waals surface area contributed by atoms with E-state index in [-0.39, 0.29) is 41.8 Å². The monoisotopic (exact) mass is 569 g/mol. The van der Waals surface area contributed by atoms with Crippen molar-refractivity contribution in [2.24, 2.45) is 10.8 Å². The molecule has 3 aromatic rings. The van der Waals surface area contributed by atoms with E-state index in [1.165, 1.54) is 12.1 Å². The molecular weight excluding hydrogens is 533 g/mol. The molecule has 3 heterocycles. The molecular formula is C33H36FN5O3. The normalized spacial score (nSPS) is 19.6. The summed E-state index contributed by atoms with van der Waals surface area (Å²) in [6.07, 6.45) is 11.1. The highest BCUT2D eigenvalue weighted by Crippen LogP contribution is 2.53. The number of allylic oxidation sites excluding steroid dienone is 3. The van der Waals surface area contributed by atoms with Crippen LogP contribution in [-0.4, -0.2) is 45.1 Å². The van der Waals surface area contributed by atoms with Gasteiger partial charge in [-0.05, 0) is 54.5 Å². The molecule has 0 radical (unpaired) electrons. The molecule has 218 valence electrons. The minimum Gasteiger partial charge on any atom is -0.396 e. The predicted molar refractivity (Wildman–Crippen MR) is 159 cm³/mol. The number of fused-ring (bicyclic) bond motifs is 1. The number of anilines is 1. The molecule has 1 unspecified atom stereocenters. The van der Waals surface area contributed by atoms with E-state index in [4.69, 9.17) is 0 Å². The number of amides is 1. The number of nitrogens with zero attached hydrogens (tertiary/aromatic N) is 2. The van der Waals surface area contributed by atoms with Crippen LogP contribution in [0.2, 0.25) is 0 Å². The van der Waals surface area contributed by atoms with Gasteiger partial charge in [0.25, 0.3) is 5.91 Å². The Morgan fingerprint density at radius 3 is 2.71 bits per heavy atom. The highest BCUT2D eigenvalue weighted by atomic mass is 19.1. The van der Waals surface area contributed by atoms with Crippen molar-refractivity contribution in [1.29, 1.82) is 0 Å². The fourth-order valence-electron chi connectivity index (χ4n) is 6.49. The molecule has 1 amide bonds. The number of carbonyl (C=O) groups is 2. The molecule has 0 bridgehead atoms. The van der Waals surface area contributed by atoms with Crippen molar-refractivity contribution in [3.05, 3.63) is 82.7 Å². The van der Waals surface area contributed by atoms with Crippen LogP contribution >= 0.6 is 0 Å². The lowest BCUT2D eigenvalue weighted by molar-refractivity contribution is -0.118. The molecule has 9 heteroatoms. The molecule has 8 nitrogen and oxygen atoms in total. The zero-order chi connectivity index (χ0) is 29.5. The first-order chi connectivity index (χ1) is 20.2. The Balaban J connectivity index is 1.34. The number of hydrogen-bond acceptors (Lipinski definition) is 6. The number of rotatable bonds is 7. The van der Waals surface area contributed by atoms with Crippen LogP contribution in [-0.2, 0) is 4.79 Å². The fourth-order valence-corrected chi connectivity index (χ4v) is 6.49. The highest BCUT2D eigenvalue weighted by molar-refractivity contribution is 6.03. The molecule has 42 heavy (non-hydrogen) atoms. The molecule has 2 aliphatic carbocycles. The van der Waals surface area contributed by atoms with Gasteiger partial charge in [0.2, 0.25) is 0 Å². The predicted octanol–water partition coefficient (Wildman–Crippen LogP) is 5.76. The van der Waals surface area contributed by atoms with E-state index in [0.29, 0.717) is 29.1 Å². The van der Waals surface area contributed by atoms with Crippen molar-refractivity contribution >= 4 is 23.6 Å². The van der Waals surface area contributed by atoms with Crippen LogP contribution < -0.4 is 10.6 Å². The Labute approximate surface area is 244 Å². The van der Waals surface area contributed by atoms with E-state index in [1.807, 2.05) is 44.2 Å². The molecule has 4 N–H and O–H groups in total. The largest absolute Gasteiger partial charge is 0.396 e. The number of Topliss-reactive ketones (excluding diaryl/α,β-unsaturated/α-hetero) is 1. The zero-order valence-corrected chi connectivity index (χ0v) is 24.0. The van der Waals surface area contributed by atoms with Gasteiger partial charge in [-0.1, -0.05) is 51.0 Å². The Bertz CT molecular complexity index is 1580. The van der Waals surface area contributed by atoms with Gasteiger partial charge in [-0.15, -0.1) is 0 Å². The van der Waals surface area contributed by atoms with Crippen LogP contribution in [0.1, 0.15) is 80.0 Å². The van der Waals surface area contributed by atoms with Crippen molar-refractivity contribution in [3.8, 4) is 11.1 Å². The lowest BCUT2D eigenvalue weighted by Crippen LogP contribution is -2.37. The van der Waals surface area contributed by atoms with Gasteiger partial charge in [0, 0.05) is 59.5 Å². The first kappa shape index (κ1) is 28.0. The summed E-state index contributed by atoms with van der Waals surface area (Å²) in [6.45, 7) is 3.94. The first-order valence-corrected chi connectivity index (χ1v) is 14.6. The lowest BCUT2D eigenvalue weighted by atomic mass is 9.67. The second-order valence-corrected chi connectivity index (χ2v) is 12.7. The van der Waals surface area contributed by atoms with Crippen molar-refractivity contribution in [2.75, 3.05) is 18.5 Å². The minimum absolute atomic E-state index is 0.00459. The second kappa shape index (κ2) is 10.9. The van der Waals surface area contributed by atoms with Crippen LogP contribution in [0.3, 0.4) is 0 Å². The summed E-state index contributed by atoms with van der Waals surface area (Å²) in [5, 5.41) is 23.3. The smallest absolute Gasteiger partial charge is 0.269 e. The van der Waals surface area contributed by atoms with E-state index < -0.39 is 11.3 Å². The quantitative estimate of drug-likeness (QED) is 0.287. The van der Waals surface area contributed by atoms with E-state index in [0.717, 1.165) is 48.9 Å². The van der Waals surface area contributed by atoms with Crippen LogP contribution in [0.5, 0.6) is 0 Å². The Morgan fingerprint density at radius 2 is 2.00 bits per heavy atom. The first-order valence-electron chi connectivity index (χ1n) is 14.6. The molecule has 6 rings (SSSR count). The fraction of sp³-hybridized carbons (Fsp3) is 0.394. The summed E-state index contributed by atoms with van der Waals surface area (Å²) < 4.78 is 13.7. The van der Waals surface area contributed by atoms with Gasteiger partial charge in [0.15, 0.2) is 11.6 Å². The number of pyridine rings is 1. The van der Waals surface area contributed by atoms with Crippen molar-refractivity contribution in [3.63, 3.8) is 0 Å². The summed E-state index contributed by atoms with van der Waals surface area (Å²) in [5.74, 6) is -0.486. The van der Waals surface area contributed by atoms with Gasteiger partial charge in [0.05, 0.1) is 5.69 Å². The van der Waals surface area contributed by atoms with Gasteiger partial charge in [0.1, 0.15) is 11.5 Å². The van der Waals surface area contributed by atoms with Crippen molar-refractivity contribution in [1.82, 2.24) is 20.5 Å². The number of ketones is 1. The number of aromatic nitrogens is 3. The third-order valence-corrected chi connectivity index (χ3v) is 8.86. The second-order valence-electron chi connectivity index (χ2n) is 12.7. The lowest BCUT2D eigenvalue weighted by Gasteiger charge is -2.39. The topological polar surface area (TPSA) is 120 Å². The Hall–Kier alpha value is -4.11. The third-order valence-electron chi connectivity index (χ3n) is 8.86. The Morgan fingerprint density at radius 1 is 1.19 bits per heavy atom. The maximum atomic E-state index is 13.8. The molecule has 1 aliphatic heterocycles. The number of carbonyl (C=O) groups excluding carboxylic acids is 2. The van der Waals surface area contributed by atoms with Gasteiger partial charge < -0.3 is 15.7 Å². The summed E-state index contributed by atoms with van der Waals surface area (Å²) in [7, 11) is 0. The zero-order valence-electron chi connectivity index (χ0n) is 24.0. The van der Waals surface area contributed by atoms with Crippen LogP contribution in [0.15, 0.2) is 59.9 Å².